The van der Waals surface area contributed by atoms with E-state index in [1.54, 1.807) is 13.2 Å². The molecule has 6 heteroatoms. The van der Waals surface area contributed by atoms with Gasteiger partial charge in [0.05, 0.1) is 0 Å². The van der Waals surface area contributed by atoms with Gasteiger partial charge in [-0.1, -0.05) is 6.92 Å². The summed E-state index contributed by atoms with van der Waals surface area (Å²) < 4.78 is 5.03. The van der Waals surface area contributed by atoms with Gasteiger partial charge in [-0.05, 0) is 13.3 Å². The Morgan fingerprint density at radius 3 is 2.71 bits per heavy atom. The maximum absolute atomic E-state index is 5.37. The van der Waals surface area contributed by atoms with E-state index in [1.165, 1.54) is 0 Å². The Kier molecular flexibility index (Phi) is 5.65. The Morgan fingerprint density at radius 1 is 1.41 bits per heavy atom. The van der Waals surface area contributed by atoms with Crippen LogP contribution in [0.15, 0.2) is 6.07 Å². The first-order chi connectivity index (χ1) is 8.19. The van der Waals surface area contributed by atoms with Crippen LogP contribution >= 0.6 is 0 Å². The molecule has 4 N–H and O–H groups in total. The number of methoxy groups -OCH3 is 1. The molecule has 1 unspecified atom stereocenters. The summed E-state index contributed by atoms with van der Waals surface area (Å²) >= 11 is 0. The largest absolute Gasteiger partial charge is 0.385 e. The number of nitrogens with zero attached hydrogens (tertiary/aromatic N) is 2. The summed E-state index contributed by atoms with van der Waals surface area (Å²) in [7, 11) is 1.70. The van der Waals surface area contributed by atoms with E-state index in [1.807, 2.05) is 6.92 Å². The van der Waals surface area contributed by atoms with Crippen molar-refractivity contribution in [2.45, 2.75) is 32.7 Å². The number of hydrazine groups is 1. The van der Waals surface area contributed by atoms with Gasteiger partial charge in [-0.3, -0.25) is 0 Å². The van der Waals surface area contributed by atoms with Crippen LogP contribution in [0.25, 0.3) is 0 Å². The van der Waals surface area contributed by atoms with Crippen LogP contribution in [0.5, 0.6) is 0 Å². The Hall–Kier alpha value is -1.40. The zero-order valence-electron chi connectivity index (χ0n) is 10.7. The number of nitrogen functional groups attached to an aromatic ring is 1. The van der Waals surface area contributed by atoms with Crippen LogP contribution in [0.4, 0.5) is 11.6 Å². The van der Waals surface area contributed by atoms with E-state index in [0.717, 1.165) is 31.1 Å². The number of aryl methyl sites for hydroxylation is 1. The lowest BCUT2D eigenvalue weighted by molar-refractivity contribution is 0.191. The van der Waals surface area contributed by atoms with Gasteiger partial charge >= 0.3 is 0 Å². The highest BCUT2D eigenvalue weighted by molar-refractivity contribution is 5.47. The standard InChI is InChI=1S/C11H21N5O/c1-4-9-14-10(7-11(15-9)16-12)13-8(2)5-6-17-3/h7-8H,4-6,12H2,1-3H3,(H2,13,14,15,16). The van der Waals surface area contributed by atoms with E-state index in [2.05, 4.69) is 27.6 Å². The SMILES string of the molecule is CCc1nc(NN)cc(NC(C)CCOC)n1. The molecule has 17 heavy (non-hydrogen) atoms. The summed E-state index contributed by atoms with van der Waals surface area (Å²) in [4.78, 5) is 8.62. The van der Waals surface area contributed by atoms with Gasteiger partial charge in [0, 0.05) is 32.2 Å². The first-order valence-electron chi connectivity index (χ1n) is 5.79. The molecule has 1 rings (SSSR count). The van der Waals surface area contributed by atoms with Gasteiger partial charge in [0.1, 0.15) is 17.5 Å². The Bertz CT molecular complexity index is 322. The number of rotatable bonds is 7. The van der Waals surface area contributed by atoms with Crippen molar-refractivity contribution in [1.82, 2.24) is 9.97 Å². The zero-order valence-corrected chi connectivity index (χ0v) is 10.7. The predicted octanol–water partition coefficient (Wildman–Crippen LogP) is 1.16. The molecule has 0 aliphatic rings. The molecule has 1 atom stereocenters. The average molecular weight is 239 g/mol. The normalized spacial score (nSPS) is 12.2. The van der Waals surface area contributed by atoms with Gasteiger partial charge in [0.2, 0.25) is 0 Å². The second-order valence-corrected chi connectivity index (χ2v) is 3.88. The maximum atomic E-state index is 5.37. The van der Waals surface area contributed by atoms with E-state index in [-0.39, 0.29) is 0 Å². The molecular formula is C11H21N5O. The minimum Gasteiger partial charge on any atom is -0.385 e. The van der Waals surface area contributed by atoms with Gasteiger partial charge < -0.3 is 15.5 Å². The smallest absolute Gasteiger partial charge is 0.145 e. The third-order valence-corrected chi connectivity index (χ3v) is 2.39. The molecule has 1 aromatic rings. The summed E-state index contributed by atoms with van der Waals surface area (Å²) in [5.74, 6) is 7.54. The molecule has 0 saturated carbocycles. The fourth-order valence-corrected chi connectivity index (χ4v) is 1.42. The summed E-state index contributed by atoms with van der Waals surface area (Å²) in [5, 5.41) is 3.30. The van der Waals surface area contributed by atoms with Gasteiger partial charge in [0.15, 0.2) is 0 Å². The number of ether oxygens (including phenoxy) is 1. The van der Waals surface area contributed by atoms with Crippen molar-refractivity contribution in [3.8, 4) is 0 Å². The number of aromatic nitrogens is 2. The van der Waals surface area contributed by atoms with Crippen LogP contribution < -0.4 is 16.6 Å². The van der Waals surface area contributed by atoms with Gasteiger partial charge in [-0.15, -0.1) is 0 Å². The number of hydrogen-bond donors (Lipinski definition) is 3. The van der Waals surface area contributed by atoms with Gasteiger partial charge in [-0.2, -0.15) is 0 Å². The van der Waals surface area contributed by atoms with Crippen LogP contribution in [0.3, 0.4) is 0 Å². The lowest BCUT2D eigenvalue weighted by atomic mass is 10.2. The second kappa shape index (κ2) is 7.03. The highest BCUT2D eigenvalue weighted by Crippen LogP contribution is 2.12. The van der Waals surface area contributed by atoms with Crippen LogP contribution in [0.1, 0.15) is 26.1 Å². The highest BCUT2D eigenvalue weighted by atomic mass is 16.5. The Labute approximate surface area is 102 Å². The van der Waals surface area contributed by atoms with E-state index < -0.39 is 0 Å². The lowest BCUT2D eigenvalue weighted by Gasteiger charge is -2.15. The molecule has 96 valence electrons. The number of nitrogens with one attached hydrogen (secondary N) is 2. The third kappa shape index (κ3) is 4.54. The van der Waals surface area contributed by atoms with Crippen molar-refractivity contribution in [3.05, 3.63) is 11.9 Å². The molecule has 0 amide bonds. The van der Waals surface area contributed by atoms with Gasteiger partial charge in [0.25, 0.3) is 0 Å². The molecule has 1 heterocycles. The summed E-state index contributed by atoms with van der Waals surface area (Å²) in [6.07, 6.45) is 1.70. The quantitative estimate of drug-likeness (QED) is 0.489. The number of nitrogens with two attached hydrogens (primary N) is 1. The molecule has 6 nitrogen and oxygen atoms in total. The lowest BCUT2D eigenvalue weighted by Crippen LogP contribution is -2.19. The molecule has 0 fully saturated rings. The fraction of sp³-hybridized carbons (Fsp3) is 0.636. The number of anilines is 2. The van der Waals surface area contributed by atoms with Crippen molar-refractivity contribution >= 4 is 11.6 Å². The first-order valence-corrected chi connectivity index (χ1v) is 5.79. The Morgan fingerprint density at radius 2 is 2.12 bits per heavy atom. The molecule has 0 aliphatic heterocycles. The maximum Gasteiger partial charge on any atom is 0.145 e. The molecule has 0 radical (unpaired) electrons. The minimum atomic E-state index is 0.292. The molecular weight excluding hydrogens is 218 g/mol. The van der Waals surface area contributed by atoms with Crippen LogP contribution in [0, 0.1) is 0 Å². The third-order valence-electron chi connectivity index (χ3n) is 2.39. The zero-order chi connectivity index (χ0) is 12.7. The predicted molar refractivity (Wildman–Crippen MR) is 68.8 cm³/mol. The second-order valence-electron chi connectivity index (χ2n) is 3.88. The summed E-state index contributed by atoms with van der Waals surface area (Å²) in [6, 6.07) is 2.09. The molecule has 1 aromatic heterocycles. The number of hydrogen-bond acceptors (Lipinski definition) is 6. The van der Waals surface area contributed by atoms with Crippen molar-refractivity contribution < 1.29 is 4.74 Å². The summed E-state index contributed by atoms with van der Waals surface area (Å²) in [5.41, 5.74) is 2.54. The van der Waals surface area contributed by atoms with Gasteiger partial charge in [-0.25, -0.2) is 15.8 Å². The van der Waals surface area contributed by atoms with Crippen LogP contribution in [0.2, 0.25) is 0 Å². The summed E-state index contributed by atoms with van der Waals surface area (Å²) in [6.45, 7) is 4.82. The molecule has 0 bridgehead atoms. The van der Waals surface area contributed by atoms with E-state index in [4.69, 9.17) is 10.6 Å². The molecule has 0 saturated heterocycles. The molecule has 0 spiro atoms. The minimum absolute atomic E-state index is 0.292. The van der Waals surface area contributed by atoms with Crippen molar-refractivity contribution in [2.24, 2.45) is 5.84 Å². The average Bonchev–Trinajstić information content (AvgIpc) is 2.35. The van der Waals surface area contributed by atoms with Crippen LogP contribution in [-0.4, -0.2) is 29.7 Å². The molecule has 0 aliphatic carbocycles. The van der Waals surface area contributed by atoms with E-state index in [0.29, 0.717) is 11.9 Å². The highest BCUT2D eigenvalue weighted by Gasteiger charge is 2.06. The molecule has 0 aromatic carbocycles. The van der Waals surface area contributed by atoms with Crippen molar-refractivity contribution in [2.75, 3.05) is 24.5 Å². The topological polar surface area (TPSA) is 85.1 Å². The monoisotopic (exact) mass is 239 g/mol. The van der Waals surface area contributed by atoms with Crippen LogP contribution in [-0.2, 0) is 11.2 Å². The van der Waals surface area contributed by atoms with E-state index >= 15 is 0 Å². The fourth-order valence-electron chi connectivity index (χ4n) is 1.42. The van der Waals surface area contributed by atoms with Crippen molar-refractivity contribution in [3.63, 3.8) is 0 Å². The Balaban J connectivity index is 2.68. The van der Waals surface area contributed by atoms with E-state index in [9.17, 15) is 0 Å². The first kappa shape index (κ1) is 13.7. The van der Waals surface area contributed by atoms with Crippen molar-refractivity contribution in [1.29, 1.82) is 0 Å².